The zero-order valence-corrected chi connectivity index (χ0v) is 14.9. The Hall–Kier alpha value is -3.28. The second-order valence-electron chi connectivity index (χ2n) is 6.54. The van der Waals surface area contributed by atoms with Crippen LogP contribution in [0.5, 0.6) is 11.5 Å². The molecule has 0 aliphatic carbocycles. The number of nitrogens with one attached hydrogen (secondary N) is 1. The third kappa shape index (κ3) is 3.51. The number of ether oxygens (including phenoxy) is 2. The number of para-hydroxylation sites is 1. The van der Waals surface area contributed by atoms with Crippen LogP contribution in [0, 0.1) is 5.92 Å². The van der Waals surface area contributed by atoms with Crippen LogP contribution < -0.4 is 20.2 Å². The molecule has 0 radical (unpaired) electrons. The van der Waals surface area contributed by atoms with Gasteiger partial charge in [-0.25, -0.2) is 0 Å². The Balaban J connectivity index is 1.43. The Kier molecular flexibility index (Phi) is 4.54. The van der Waals surface area contributed by atoms with Crippen LogP contribution in [0.2, 0.25) is 0 Å². The van der Waals surface area contributed by atoms with Crippen molar-refractivity contribution >= 4 is 16.9 Å². The predicted molar refractivity (Wildman–Crippen MR) is 101 cm³/mol. The highest BCUT2D eigenvalue weighted by Gasteiger charge is 2.22. The van der Waals surface area contributed by atoms with E-state index in [9.17, 15) is 9.59 Å². The van der Waals surface area contributed by atoms with Crippen LogP contribution in [0.3, 0.4) is 0 Å². The lowest BCUT2D eigenvalue weighted by atomic mass is 9.96. The van der Waals surface area contributed by atoms with Gasteiger partial charge < -0.3 is 19.2 Å². The number of carbonyl (C=O) groups excluding carboxylic acids is 1. The highest BCUT2D eigenvalue weighted by molar-refractivity contribution is 5.93. The predicted octanol–water partition coefficient (Wildman–Crippen LogP) is 2.78. The summed E-state index contributed by atoms with van der Waals surface area (Å²) in [5.74, 6) is 1.32. The van der Waals surface area contributed by atoms with E-state index >= 15 is 0 Å². The molecule has 138 valence electrons. The molecule has 1 amide bonds. The molecule has 3 aromatic rings. The Morgan fingerprint density at radius 1 is 1.22 bits per heavy atom. The molecule has 1 aliphatic heterocycles. The van der Waals surface area contributed by atoms with Gasteiger partial charge in [-0.1, -0.05) is 18.2 Å². The molecule has 0 unspecified atom stereocenters. The van der Waals surface area contributed by atoms with E-state index in [1.807, 2.05) is 18.2 Å². The topological polar surface area (TPSA) is 77.8 Å². The van der Waals surface area contributed by atoms with E-state index in [1.54, 1.807) is 31.4 Å². The average molecular weight is 365 g/mol. The molecule has 1 atom stereocenters. The molecular formula is C21H19NO5. The van der Waals surface area contributed by atoms with Gasteiger partial charge in [-0.3, -0.25) is 9.59 Å². The first-order valence-electron chi connectivity index (χ1n) is 8.75. The first-order chi connectivity index (χ1) is 13.1. The lowest BCUT2D eigenvalue weighted by molar-refractivity contribution is 0.0912. The van der Waals surface area contributed by atoms with Crippen molar-refractivity contribution < 1.29 is 18.7 Å². The van der Waals surface area contributed by atoms with Gasteiger partial charge in [0, 0.05) is 24.6 Å². The summed E-state index contributed by atoms with van der Waals surface area (Å²) in [4.78, 5) is 24.5. The van der Waals surface area contributed by atoms with Crippen LogP contribution in [0.15, 0.2) is 57.7 Å². The number of methoxy groups -OCH3 is 1. The van der Waals surface area contributed by atoms with Crippen LogP contribution in [-0.4, -0.2) is 26.2 Å². The minimum atomic E-state index is -0.404. The number of carbonyl (C=O) groups is 1. The van der Waals surface area contributed by atoms with Crippen molar-refractivity contribution in [2.45, 2.75) is 6.42 Å². The van der Waals surface area contributed by atoms with Gasteiger partial charge in [0.05, 0.1) is 19.1 Å². The number of hydrogen-bond acceptors (Lipinski definition) is 5. The summed E-state index contributed by atoms with van der Waals surface area (Å²) >= 11 is 0. The van der Waals surface area contributed by atoms with Crippen molar-refractivity contribution in [1.82, 2.24) is 5.32 Å². The molecule has 4 rings (SSSR count). The lowest BCUT2D eigenvalue weighted by Crippen LogP contribution is -2.35. The molecule has 0 bridgehead atoms. The van der Waals surface area contributed by atoms with Gasteiger partial charge in [-0.15, -0.1) is 0 Å². The standard InChI is InChI=1S/C21H19NO5/c1-25-15-7-6-14-8-13(12-26-19(14)9-15)11-22-21(24)20-10-17(23)16-4-2-3-5-18(16)27-20/h2-7,9-10,13H,8,11-12H2,1H3,(H,22,24)/t13-/m1/s1. The monoisotopic (exact) mass is 365 g/mol. The van der Waals surface area contributed by atoms with Crippen LogP contribution in [-0.2, 0) is 6.42 Å². The largest absolute Gasteiger partial charge is 0.497 e. The lowest BCUT2D eigenvalue weighted by Gasteiger charge is -2.25. The van der Waals surface area contributed by atoms with Crippen LogP contribution in [0.25, 0.3) is 11.0 Å². The summed E-state index contributed by atoms with van der Waals surface area (Å²) in [5, 5.41) is 3.30. The summed E-state index contributed by atoms with van der Waals surface area (Å²) in [5.41, 5.74) is 1.25. The molecule has 0 saturated heterocycles. The smallest absolute Gasteiger partial charge is 0.287 e. The normalized spacial score (nSPS) is 15.7. The van der Waals surface area contributed by atoms with Gasteiger partial charge in [0.1, 0.15) is 17.1 Å². The molecule has 2 aromatic carbocycles. The number of fused-ring (bicyclic) bond motifs is 2. The van der Waals surface area contributed by atoms with Crippen LogP contribution in [0.1, 0.15) is 16.1 Å². The first-order valence-corrected chi connectivity index (χ1v) is 8.75. The molecule has 1 N–H and O–H groups in total. The molecule has 0 fully saturated rings. The van der Waals surface area contributed by atoms with E-state index in [-0.39, 0.29) is 17.1 Å². The van der Waals surface area contributed by atoms with Crippen molar-refractivity contribution in [2.75, 3.05) is 20.3 Å². The van der Waals surface area contributed by atoms with Gasteiger partial charge in [-0.2, -0.15) is 0 Å². The summed E-state index contributed by atoms with van der Waals surface area (Å²) in [7, 11) is 1.62. The Bertz CT molecular complexity index is 1060. The maximum Gasteiger partial charge on any atom is 0.287 e. The van der Waals surface area contributed by atoms with Gasteiger partial charge in [0.2, 0.25) is 0 Å². The minimum Gasteiger partial charge on any atom is -0.497 e. The fraction of sp³-hybridized carbons (Fsp3) is 0.238. The quantitative estimate of drug-likeness (QED) is 0.769. The second kappa shape index (κ2) is 7.15. The molecule has 0 saturated carbocycles. The summed E-state index contributed by atoms with van der Waals surface area (Å²) < 4.78 is 16.6. The number of rotatable bonds is 4. The van der Waals surface area contributed by atoms with Gasteiger partial charge in [-0.05, 0) is 30.2 Å². The van der Waals surface area contributed by atoms with Crippen molar-refractivity contribution in [3.63, 3.8) is 0 Å². The summed E-state index contributed by atoms with van der Waals surface area (Å²) in [6.45, 7) is 0.933. The molecular weight excluding hydrogens is 346 g/mol. The Morgan fingerprint density at radius 3 is 2.93 bits per heavy atom. The zero-order valence-electron chi connectivity index (χ0n) is 14.9. The molecule has 1 aromatic heterocycles. The fourth-order valence-electron chi connectivity index (χ4n) is 3.21. The molecule has 27 heavy (non-hydrogen) atoms. The van der Waals surface area contributed by atoms with E-state index in [0.29, 0.717) is 24.1 Å². The molecule has 0 spiro atoms. The molecule has 6 heteroatoms. The van der Waals surface area contributed by atoms with Crippen LogP contribution >= 0.6 is 0 Å². The number of benzene rings is 2. The number of hydrogen-bond donors (Lipinski definition) is 1. The highest BCUT2D eigenvalue weighted by atomic mass is 16.5. The third-order valence-electron chi connectivity index (χ3n) is 4.67. The Labute approximate surface area is 155 Å². The van der Waals surface area contributed by atoms with Gasteiger partial charge >= 0.3 is 0 Å². The van der Waals surface area contributed by atoms with Gasteiger partial charge in [0.25, 0.3) is 5.91 Å². The van der Waals surface area contributed by atoms with Crippen molar-refractivity contribution in [2.24, 2.45) is 5.92 Å². The van der Waals surface area contributed by atoms with Crippen molar-refractivity contribution in [1.29, 1.82) is 0 Å². The van der Waals surface area contributed by atoms with E-state index < -0.39 is 5.91 Å². The zero-order chi connectivity index (χ0) is 18.8. The SMILES string of the molecule is COc1ccc2c(c1)OC[C@@H](CNC(=O)c1cc(=O)c3ccccc3o1)C2. The maximum absolute atomic E-state index is 12.4. The summed E-state index contributed by atoms with van der Waals surface area (Å²) in [6, 6.07) is 13.8. The number of amides is 1. The van der Waals surface area contributed by atoms with E-state index in [2.05, 4.69) is 5.32 Å². The van der Waals surface area contributed by atoms with Crippen LogP contribution in [0.4, 0.5) is 0 Å². The van der Waals surface area contributed by atoms with E-state index in [1.165, 1.54) is 6.07 Å². The molecule has 1 aliphatic rings. The highest BCUT2D eigenvalue weighted by Crippen LogP contribution is 2.30. The average Bonchev–Trinajstić information content (AvgIpc) is 2.71. The molecule has 2 heterocycles. The van der Waals surface area contributed by atoms with Gasteiger partial charge in [0.15, 0.2) is 11.2 Å². The van der Waals surface area contributed by atoms with Crippen molar-refractivity contribution in [3.8, 4) is 11.5 Å². The minimum absolute atomic E-state index is 0.0144. The first kappa shape index (κ1) is 17.1. The molecule has 6 nitrogen and oxygen atoms in total. The second-order valence-corrected chi connectivity index (χ2v) is 6.54. The Morgan fingerprint density at radius 2 is 2.07 bits per heavy atom. The van der Waals surface area contributed by atoms with E-state index in [0.717, 1.165) is 23.5 Å². The maximum atomic E-state index is 12.4. The fourth-order valence-corrected chi connectivity index (χ4v) is 3.21. The van der Waals surface area contributed by atoms with E-state index in [4.69, 9.17) is 13.9 Å². The van der Waals surface area contributed by atoms with Crippen molar-refractivity contribution in [3.05, 3.63) is 70.1 Å². The summed E-state index contributed by atoms with van der Waals surface area (Å²) in [6.07, 6.45) is 0.793. The third-order valence-corrected chi connectivity index (χ3v) is 4.67.